The van der Waals surface area contributed by atoms with Gasteiger partial charge < -0.3 is 5.32 Å². The van der Waals surface area contributed by atoms with E-state index in [1.165, 1.54) is 17.0 Å². The van der Waals surface area contributed by atoms with Crippen LogP contribution in [0.15, 0.2) is 84.9 Å². The number of carbonyl (C=O) groups excluding carboxylic acids is 2. The zero-order valence-corrected chi connectivity index (χ0v) is 15.8. The van der Waals surface area contributed by atoms with Crippen molar-refractivity contribution in [2.75, 3.05) is 0 Å². The minimum atomic E-state index is -1.06. The third-order valence-electron chi connectivity index (χ3n) is 5.20. The Labute approximate surface area is 169 Å². The zero-order valence-electron chi connectivity index (χ0n) is 15.8. The summed E-state index contributed by atoms with van der Waals surface area (Å²) in [4.78, 5) is 27.5. The summed E-state index contributed by atoms with van der Waals surface area (Å²) in [7, 11) is 0. The first kappa shape index (κ1) is 18.9. The molecule has 1 aliphatic heterocycles. The number of rotatable bonds is 6. The molecule has 0 radical (unpaired) electrons. The lowest BCUT2D eigenvalue weighted by atomic mass is 9.84. The van der Waals surface area contributed by atoms with Crippen molar-refractivity contribution in [3.8, 4) is 0 Å². The average molecular weight is 388 g/mol. The van der Waals surface area contributed by atoms with Crippen LogP contribution in [0.5, 0.6) is 0 Å². The van der Waals surface area contributed by atoms with Gasteiger partial charge in [-0.3, -0.25) is 9.69 Å². The molecule has 1 fully saturated rings. The van der Waals surface area contributed by atoms with Gasteiger partial charge in [0.25, 0.3) is 5.91 Å². The number of nitrogens with zero attached hydrogens (tertiary/aromatic N) is 1. The minimum Gasteiger partial charge on any atom is -0.322 e. The number of halogens is 1. The van der Waals surface area contributed by atoms with E-state index in [1.54, 1.807) is 12.1 Å². The average Bonchev–Trinajstić information content (AvgIpc) is 2.95. The third kappa shape index (κ3) is 4.04. The molecule has 1 N–H and O–H groups in total. The molecule has 4 rings (SSSR count). The standard InChI is InChI=1S/C24H21FN2O2/c25-21-13-11-20(12-14-21)17-27-22(28)24(26-23(27)29,15-18-7-3-1-4-8-18)16-19-9-5-2-6-10-19/h1-14H,15-17H2,(H,26,29). The lowest BCUT2D eigenvalue weighted by Crippen LogP contribution is -2.51. The monoisotopic (exact) mass is 388 g/mol. The fourth-order valence-corrected chi connectivity index (χ4v) is 3.78. The van der Waals surface area contributed by atoms with Crippen molar-refractivity contribution in [3.05, 3.63) is 107 Å². The van der Waals surface area contributed by atoms with Crippen LogP contribution in [-0.4, -0.2) is 22.4 Å². The van der Waals surface area contributed by atoms with E-state index in [0.29, 0.717) is 18.4 Å². The summed E-state index contributed by atoms with van der Waals surface area (Å²) in [5.74, 6) is -0.618. The third-order valence-corrected chi connectivity index (χ3v) is 5.20. The van der Waals surface area contributed by atoms with E-state index in [1.807, 2.05) is 60.7 Å². The first-order chi connectivity index (χ1) is 14.1. The van der Waals surface area contributed by atoms with Crippen molar-refractivity contribution in [1.82, 2.24) is 10.2 Å². The van der Waals surface area contributed by atoms with Crippen LogP contribution in [0, 0.1) is 5.82 Å². The van der Waals surface area contributed by atoms with Crippen molar-refractivity contribution in [1.29, 1.82) is 0 Å². The number of amides is 3. The van der Waals surface area contributed by atoms with E-state index in [0.717, 1.165) is 11.1 Å². The number of imide groups is 1. The van der Waals surface area contributed by atoms with E-state index in [-0.39, 0.29) is 18.3 Å². The Balaban J connectivity index is 1.65. The molecule has 146 valence electrons. The molecule has 1 heterocycles. The zero-order chi connectivity index (χ0) is 20.3. The van der Waals surface area contributed by atoms with Crippen molar-refractivity contribution < 1.29 is 14.0 Å². The molecular formula is C24H21FN2O2. The smallest absolute Gasteiger partial charge is 0.322 e. The lowest BCUT2D eigenvalue weighted by molar-refractivity contribution is -0.131. The summed E-state index contributed by atoms with van der Waals surface area (Å²) in [5, 5.41) is 2.96. The van der Waals surface area contributed by atoms with Gasteiger partial charge in [0.05, 0.1) is 6.54 Å². The molecular weight excluding hydrogens is 367 g/mol. The normalized spacial score (nSPS) is 15.4. The fourth-order valence-electron chi connectivity index (χ4n) is 3.78. The summed E-state index contributed by atoms with van der Waals surface area (Å²) in [5.41, 5.74) is 1.59. The van der Waals surface area contributed by atoms with Gasteiger partial charge >= 0.3 is 6.03 Å². The number of carbonyl (C=O) groups is 2. The van der Waals surface area contributed by atoms with Crippen LogP contribution in [-0.2, 0) is 24.2 Å². The van der Waals surface area contributed by atoms with Gasteiger partial charge in [-0.25, -0.2) is 9.18 Å². The molecule has 3 aromatic carbocycles. The van der Waals surface area contributed by atoms with Crippen LogP contribution in [0.1, 0.15) is 16.7 Å². The SMILES string of the molecule is O=C1NC(Cc2ccccc2)(Cc2ccccc2)C(=O)N1Cc1ccc(F)cc1. The molecule has 1 aliphatic rings. The topological polar surface area (TPSA) is 49.4 Å². The molecule has 4 nitrogen and oxygen atoms in total. The first-order valence-corrected chi connectivity index (χ1v) is 9.52. The van der Waals surface area contributed by atoms with Crippen LogP contribution in [0.3, 0.4) is 0 Å². The molecule has 3 aromatic rings. The number of nitrogens with one attached hydrogen (secondary N) is 1. The molecule has 0 aromatic heterocycles. The molecule has 5 heteroatoms. The van der Waals surface area contributed by atoms with E-state index in [4.69, 9.17) is 0 Å². The number of hydrogen-bond donors (Lipinski definition) is 1. The summed E-state index contributed by atoms with van der Waals surface area (Å²) in [6.45, 7) is 0.107. The minimum absolute atomic E-state index is 0.107. The predicted molar refractivity (Wildman–Crippen MR) is 109 cm³/mol. The maximum absolute atomic E-state index is 13.5. The van der Waals surface area contributed by atoms with Gasteiger partial charge in [-0.05, 0) is 28.8 Å². The molecule has 0 aliphatic carbocycles. The Morgan fingerprint density at radius 1 is 0.724 bits per heavy atom. The highest BCUT2D eigenvalue weighted by atomic mass is 19.1. The van der Waals surface area contributed by atoms with Crippen LogP contribution < -0.4 is 5.32 Å². The summed E-state index contributed by atoms with van der Waals surface area (Å²) in [6.07, 6.45) is 0.792. The van der Waals surface area contributed by atoms with E-state index < -0.39 is 11.6 Å². The van der Waals surface area contributed by atoms with Gasteiger partial charge in [0.1, 0.15) is 11.4 Å². The molecule has 0 saturated carbocycles. The second-order valence-corrected chi connectivity index (χ2v) is 7.35. The number of urea groups is 1. The Kier molecular flexibility index (Phi) is 5.12. The van der Waals surface area contributed by atoms with E-state index >= 15 is 0 Å². The number of hydrogen-bond acceptors (Lipinski definition) is 2. The molecule has 1 saturated heterocycles. The van der Waals surface area contributed by atoms with Gasteiger partial charge in [-0.15, -0.1) is 0 Å². The maximum Gasteiger partial charge on any atom is 0.325 e. The molecule has 0 unspecified atom stereocenters. The van der Waals surface area contributed by atoms with E-state index in [2.05, 4.69) is 5.32 Å². The second-order valence-electron chi connectivity index (χ2n) is 7.35. The highest BCUT2D eigenvalue weighted by Gasteiger charge is 2.50. The van der Waals surface area contributed by atoms with Crippen LogP contribution in [0.2, 0.25) is 0 Å². The summed E-state index contributed by atoms with van der Waals surface area (Å²) in [6, 6.07) is 24.7. The predicted octanol–water partition coefficient (Wildman–Crippen LogP) is 4.10. The fraction of sp³-hybridized carbons (Fsp3) is 0.167. The molecule has 0 atom stereocenters. The van der Waals surface area contributed by atoms with Gasteiger partial charge in [0, 0.05) is 12.8 Å². The molecule has 0 bridgehead atoms. The van der Waals surface area contributed by atoms with Crippen molar-refractivity contribution in [2.24, 2.45) is 0 Å². The second kappa shape index (κ2) is 7.87. The van der Waals surface area contributed by atoms with Crippen molar-refractivity contribution in [3.63, 3.8) is 0 Å². The van der Waals surface area contributed by atoms with Gasteiger partial charge in [-0.2, -0.15) is 0 Å². The van der Waals surface area contributed by atoms with Crippen LogP contribution in [0.4, 0.5) is 9.18 Å². The van der Waals surface area contributed by atoms with Gasteiger partial charge in [-0.1, -0.05) is 72.8 Å². The van der Waals surface area contributed by atoms with Crippen molar-refractivity contribution in [2.45, 2.75) is 24.9 Å². The maximum atomic E-state index is 13.5. The first-order valence-electron chi connectivity index (χ1n) is 9.52. The Bertz CT molecular complexity index is 963. The Hall–Kier alpha value is -3.47. The van der Waals surface area contributed by atoms with E-state index in [9.17, 15) is 14.0 Å². The van der Waals surface area contributed by atoms with Crippen molar-refractivity contribution >= 4 is 11.9 Å². The largest absolute Gasteiger partial charge is 0.325 e. The lowest BCUT2D eigenvalue weighted by Gasteiger charge is -2.27. The molecule has 0 spiro atoms. The Morgan fingerprint density at radius 2 is 1.24 bits per heavy atom. The highest BCUT2D eigenvalue weighted by molar-refractivity contribution is 6.07. The molecule has 29 heavy (non-hydrogen) atoms. The summed E-state index contributed by atoms with van der Waals surface area (Å²) >= 11 is 0. The highest BCUT2D eigenvalue weighted by Crippen LogP contribution is 2.28. The quantitative estimate of drug-likeness (QED) is 0.647. The Morgan fingerprint density at radius 3 is 1.76 bits per heavy atom. The van der Waals surface area contributed by atoms with Gasteiger partial charge in [0.2, 0.25) is 0 Å². The number of benzene rings is 3. The van der Waals surface area contributed by atoms with Crippen LogP contribution >= 0.6 is 0 Å². The van der Waals surface area contributed by atoms with Crippen LogP contribution in [0.25, 0.3) is 0 Å². The molecule has 3 amide bonds. The summed E-state index contributed by atoms with van der Waals surface area (Å²) < 4.78 is 13.2. The van der Waals surface area contributed by atoms with Gasteiger partial charge in [0.15, 0.2) is 0 Å².